The Morgan fingerprint density at radius 3 is 2.09 bits per heavy atom. The molecule has 2 aromatic carbocycles. The lowest BCUT2D eigenvalue weighted by atomic mass is 10.1. The zero-order valence-electron chi connectivity index (χ0n) is 13.0. The third-order valence-corrected chi connectivity index (χ3v) is 3.32. The zero-order valence-corrected chi connectivity index (χ0v) is 13.0. The summed E-state index contributed by atoms with van der Waals surface area (Å²) in [6.45, 7) is 0.296. The molecule has 0 aliphatic heterocycles. The first-order valence-electron chi connectivity index (χ1n) is 7.25. The van der Waals surface area contributed by atoms with Crippen molar-refractivity contribution in [3.63, 3.8) is 0 Å². The number of aliphatic hydroxyl groups is 1. The number of nitrogens with zero attached hydrogens (tertiary/aromatic N) is 1. The lowest BCUT2D eigenvalue weighted by molar-refractivity contribution is 0.201. The van der Waals surface area contributed by atoms with Crippen LogP contribution in [0.15, 0.2) is 48.5 Å². The van der Waals surface area contributed by atoms with E-state index in [1.807, 2.05) is 60.7 Å². The molecule has 0 aromatic heterocycles. The summed E-state index contributed by atoms with van der Waals surface area (Å²) in [5.74, 6) is 0.242. The van der Waals surface area contributed by atoms with Crippen LogP contribution >= 0.6 is 0 Å². The highest BCUT2D eigenvalue weighted by molar-refractivity contribution is 6.60. The SMILES string of the molecule is [B]C(=O)N(C)c1ccc(/C=C/c2ccc(OCCO)cc2)cc1. The largest absolute Gasteiger partial charge is 0.491 e. The maximum absolute atomic E-state index is 11.1. The van der Waals surface area contributed by atoms with E-state index in [0.29, 0.717) is 6.61 Å². The van der Waals surface area contributed by atoms with Gasteiger partial charge in [0.2, 0.25) is 7.85 Å². The average Bonchev–Trinajstić information content (AvgIpc) is 2.58. The zero-order chi connectivity index (χ0) is 16.7. The summed E-state index contributed by atoms with van der Waals surface area (Å²) in [5, 5.41) is 8.71. The Bertz CT molecular complexity index is 666. The molecule has 4 nitrogen and oxygen atoms in total. The fourth-order valence-corrected chi connectivity index (χ4v) is 1.97. The molecule has 116 valence electrons. The molecule has 0 aliphatic carbocycles. The predicted octanol–water partition coefficient (Wildman–Crippen LogP) is 2.95. The topological polar surface area (TPSA) is 49.8 Å². The van der Waals surface area contributed by atoms with Crippen molar-refractivity contribution >= 4 is 31.5 Å². The molecule has 0 saturated heterocycles. The molecule has 1 N–H and O–H groups in total. The smallest absolute Gasteiger partial charge is 0.201 e. The highest BCUT2D eigenvalue weighted by Crippen LogP contribution is 2.17. The number of carbonyl (C=O) groups is 1. The predicted molar refractivity (Wildman–Crippen MR) is 93.9 cm³/mol. The van der Waals surface area contributed by atoms with Gasteiger partial charge < -0.3 is 14.7 Å². The molecule has 0 atom stereocenters. The molecule has 0 fully saturated rings. The van der Waals surface area contributed by atoms with Crippen molar-refractivity contribution in [1.29, 1.82) is 0 Å². The fourth-order valence-electron chi connectivity index (χ4n) is 1.97. The van der Waals surface area contributed by atoms with E-state index in [1.165, 1.54) is 4.90 Å². The Labute approximate surface area is 137 Å². The van der Waals surface area contributed by atoms with Crippen molar-refractivity contribution in [3.05, 3.63) is 59.7 Å². The molecule has 0 spiro atoms. The van der Waals surface area contributed by atoms with E-state index in [-0.39, 0.29) is 6.61 Å². The monoisotopic (exact) mass is 307 g/mol. The fraction of sp³-hybridized carbons (Fsp3) is 0.167. The Hall–Kier alpha value is -2.53. The van der Waals surface area contributed by atoms with Crippen LogP contribution in [0.1, 0.15) is 11.1 Å². The van der Waals surface area contributed by atoms with Crippen LogP contribution in [-0.4, -0.2) is 39.0 Å². The van der Waals surface area contributed by atoms with E-state index in [0.717, 1.165) is 22.6 Å². The van der Waals surface area contributed by atoms with Gasteiger partial charge in [0, 0.05) is 12.7 Å². The molecular formula is C18H18BNO3. The highest BCUT2D eigenvalue weighted by atomic mass is 16.5. The first-order chi connectivity index (χ1) is 11.1. The first-order valence-corrected chi connectivity index (χ1v) is 7.25. The number of amides is 1. The van der Waals surface area contributed by atoms with Crippen molar-refractivity contribution in [3.8, 4) is 5.75 Å². The van der Waals surface area contributed by atoms with Gasteiger partial charge in [-0.2, -0.15) is 0 Å². The molecular weight excluding hydrogens is 289 g/mol. The molecule has 0 saturated carbocycles. The summed E-state index contributed by atoms with van der Waals surface area (Å²) in [6, 6.07) is 15.1. The van der Waals surface area contributed by atoms with E-state index in [9.17, 15) is 4.79 Å². The van der Waals surface area contributed by atoms with E-state index < -0.39 is 5.81 Å². The van der Waals surface area contributed by atoms with Crippen LogP contribution in [-0.2, 0) is 0 Å². The number of aliphatic hydroxyl groups excluding tert-OH is 1. The summed E-state index contributed by atoms with van der Waals surface area (Å²) >= 11 is 0. The second kappa shape index (κ2) is 8.20. The Morgan fingerprint density at radius 2 is 1.61 bits per heavy atom. The van der Waals surface area contributed by atoms with Crippen LogP contribution in [0.5, 0.6) is 5.75 Å². The Kier molecular flexibility index (Phi) is 6.00. The van der Waals surface area contributed by atoms with Crippen molar-refractivity contribution in [2.24, 2.45) is 0 Å². The van der Waals surface area contributed by atoms with Gasteiger partial charge in [0.25, 0.3) is 0 Å². The molecule has 2 radical (unpaired) electrons. The lowest BCUT2D eigenvalue weighted by Crippen LogP contribution is -2.24. The minimum atomic E-state index is -0.489. The molecule has 0 heterocycles. The van der Waals surface area contributed by atoms with Crippen molar-refractivity contribution in [2.45, 2.75) is 0 Å². The van der Waals surface area contributed by atoms with Gasteiger partial charge in [-0.05, 0) is 35.4 Å². The van der Waals surface area contributed by atoms with Gasteiger partial charge in [0.1, 0.15) is 12.4 Å². The molecule has 5 heteroatoms. The van der Waals surface area contributed by atoms with E-state index in [4.69, 9.17) is 17.7 Å². The number of rotatable bonds is 6. The lowest BCUT2D eigenvalue weighted by Gasteiger charge is -2.15. The van der Waals surface area contributed by atoms with Gasteiger partial charge in [0.05, 0.1) is 6.61 Å². The van der Waals surface area contributed by atoms with Gasteiger partial charge in [-0.3, -0.25) is 4.79 Å². The van der Waals surface area contributed by atoms with Crippen LogP contribution in [0.3, 0.4) is 0 Å². The van der Waals surface area contributed by atoms with Crippen molar-refractivity contribution in [2.75, 3.05) is 25.2 Å². The number of carbonyl (C=O) groups excluding carboxylic acids is 1. The molecule has 2 aromatic rings. The second-order valence-electron chi connectivity index (χ2n) is 4.96. The van der Waals surface area contributed by atoms with Crippen molar-refractivity contribution in [1.82, 2.24) is 0 Å². The molecule has 1 amide bonds. The van der Waals surface area contributed by atoms with Crippen LogP contribution < -0.4 is 9.64 Å². The van der Waals surface area contributed by atoms with Gasteiger partial charge >= 0.3 is 0 Å². The van der Waals surface area contributed by atoms with Gasteiger partial charge in [-0.25, -0.2) is 0 Å². The quantitative estimate of drug-likeness (QED) is 0.659. The van der Waals surface area contributed by atoms with Crippen LogP contribution in [0, 0.1) is 0 Å². The highest BCUT2D eigenvalue weighted by Gasteiger charge is 2.03. The maximum Gasteiger partial charge on any atom is 0.201 e. The van der Waals surface area contributed by atoms with Crippen LogP contribution in [0.4, 0.5) is 10.5 Å². The summed E-state index contributed by atoms with van der Waals surface area (Å²) in [6.07, 6.45) is 3.97. The summed E-state index contributed by atoms with van der Waals surface area (Å²) in [4.78, 5) is 12.5. The second-order valence-corrected chi connectivity index (χ2v) is 4.96. The Balaban J connectivity index is 2.01. The number of hydrogen-bond donors (Lipinski definition) is 1. The molecule has 2 rings (SSSR count). The standard InChI is InChI=1S/C18H18BNO3/c1-20(18(19)22)16-8-4-14(5-9-16)2-3-15-6-10-17(11-7-15)23-13-12-21/h2-11,21H,12-13H2,1H3/b3-2+. The normalized spacial score (nSPS) is 10.7. The van der Waals surface area contributed by atoms with E-state index in [2.05, 4.69) is 0 Å². The number of benzene rings is 2. The Morgan fingerprint density at radius 1 is 1.09 bits per heavy atom. The average molecular weight is 307 g/mol. The third kappa shape index (κ3) is 5.00. The van der Waals surface area contributed by atoms with Crippen molar-refractivity contribution < 1.29 is 14.6 Å². The molecule has 0 unspecified atom stereocenters. The number of anilines is 1. The number of hydrogen-bond acceptors (Lipinski definition) is 3. The van der Waals surface area contributed by atoms with Crippen LogP contribution in [0.25, 0.3) is 12.2 Å². The van der Waals surface area contributed by atoms with Gasteiger partial charge in [0.15, 0.2) is 5.81 Å². The maximum atomic E-state index is 11.1. The van der Waals surface area contributed by atoms with Gasteiger partial charge in [-0.15, -0.1) is 0 Å². The third-order valence-electron chi connectivity index (χ3n) is 3.32. The van der Waals surface area contributed by atoms with E-state index in [1.54, 1.807) is 7.05 Å². The molecule has 0 bridgehead atoms. The molecule has 23 heavy (non-hydrogen) atoms. The first kappa shape index (κ1) is 16.8. The van der Waals surface area contributed by atoms with Gasteiger partial charge in [-0.1, -0.05) is 36.4 Å². The summed E-state index contributed by atoms with van der Waals surface area (Å²) in [5.41, 5.74) is 2.81. The minimum absolute atomic E-state index is 0.00257. The number of ether oxygens (including phenoxy) is 1. The van der Waals surface area contributed by atoms with Crippen LogP contribution in [0.2, 0.25) is 0 Å². The van der Waals surface area contributed by atoms with E-state index >= 15 is 0 Å². The summed E-state index contributed by atoms with van der Waals surface area (Å²) < 4.78 is 5.31. The molecule has 0 aliphatic rings. The minimum Gasteiger partial charge on any atom is -0.491 e. The summed E-state index contributed by atoms with van der Waals surface area (Å²) in [7, 11) is 6.86.